The lowest BCUT2D eigenvalue weighted by Gasteiger charge is -2.32. The van der Waals surface area contributed by atoms with Gasteiger partial charge in [0.15, 0.2) is 0 Å². The zero-order valence-corrected chi connectivity index (χ0v) is 21.9. The van der Waals surface area contributed by atoms with E-state index in [1.807, 2.05) is 84.9 Å². The molecule has 1 atom stereocenters. The summed E-state index contributed by atoms with van der Waals surface area (Å²) >= 11 is 6.49. The number of benzene rings is 3. The Balaban J connectivity index is 1.53. The maximum atomic E-state index is 13.7. The summed E-state index contributed by atoms with van der Waals surface area (Å²) in [4.78, 5) is 29.1. The summed E-state index contributed by atoms with van der Waals surface area (Å²) in [5.74, 6) is 0.594. The highest BCUT2D eigenvalue weighted by atomic mass is 35.5. The Labute approximate surface area is 224 Å². The molecule has 0 aliphatic heterocycles. The highest BCUT2D eigenvalue weighted by Crippen LogP contribution is 2.23. The van der Waals surface area contributed by atoms with Gasteiger partial charge in [-0.2, -0.15) is 0 Å². The number of amides is 2. The van der Waals surface area contributed by atoms with Crippen molar-refractivity contribution in [1.82, 2.24) is 10.2 Å². The maximum absolute atomic E-state index is 13.7. The lowest BCUT2D eigenvalue weighted by atomic mass is 10.0. The molecular formula is C31H35ClN2O3. The molecule has 0 heterocycles. The van der Waals surface area contributed by atoms with E-state index < -0.39 is 6.04 Å². The molecule has 1 fully saturated rings. The number of para-hydroxylation sites is 1. The number of ether oxygens (including phenoxy) is 1. The van der Waals surface area contributed by atoms with E-state index >= 15 is 0 Å². The van der Waals surface area contributed by atoms with Gasteiger partial charge in [-0.25, -0.2) is 0 Å². The normalized spacial score (nSPS) is 14.2. The molecule has 0 saturated heterocycles. The second-order valence-corrected chi connectivity index (χ2v) is 9.98. The zero-order chi connectivity index (χ0) is 25.9. The van der Waals surface area contributed by atoms with Crippen molar-refractivity contribution in [3.05, 3.63) is 101 Å². The van der Waals surface area contributed by atoms with Crippen LogP contribution in [0.1, 0.15) is 49.7 Å². The Morgan fingerprint density at radius 3 is 2.27 bits per heavy atom. The Kier molecular flexibility index (Phi) is 10.0. The predicted octanol–water partition coefficient (Wildman–Crippen LogP) is 6.20. The predicted molar refractivity (Wildman–Crippen MR) is 148 cm³/mol. The largest absolute Gasteiger partial charge is 0.494 e. The van der Waals surface area contributed by atoms with Crippen LogP contribution >= 0.6 is 11.6 Å². The van der Waals surface area contributed by atoms with Gasteiger partial charge in [0.2, 0.25) is 11.8 Å². The Morgan fingerprint density at radius 1 is 0.919 bits per heavy atom. The number of carbonyl (C=O) groups excluding carboxylic acids is 2. The standard InChI is InChI=1S/C31H35ClN2O3/c32-28-19-10-7-14-25(28)23-34(30(35)20-11-21-37-27-17-5-2-6-18-27)29(22-24-12-3-1-4-13-24)31(36)33-26-15-8-9-16-26/h1-7,10,12-14,17-19,26,29H,8-9,11,15-16,20-23H2,(H,33,36). The molecule has 4 rings (SSSR count). The monoisotopic (exact) mass is 518 g/mol. The summed E-state index contributed by atoms with van der Waals surface area (Å²) < 4.78 is 5.79. The number of carbonyl (C=O) groups is 2. The first-order valence-corrected chi connectivity index (χ1v) is 13.5. The molecule has 0 bridgehead atoms. The van der Waals surface area contributed by atoms with Crippen molar-refractivity contribution >= 4 is 23.4 Å². The molecule has 194 valence electrons. The average molecular weight is 519 g/mol. The molecule has 0 radical (unpaired) electrons. The van der Waals surface area contributed by atoms with Crippen molar-refractivity contribution in [2.24, 2.45) is 0 Å². The van der Waals surface area contributed by atoms with Crippen LogP contribution in [0, 0.1) is 0 Å². The van der Waals surface area contributed by atoms with Crippen LogP contribution in [-0.2, 0) is 22.6 Å². The van der Waals surface area contributed by atoms with E-state index in [0.717, 1.165) is 42.6 Å². The second kappa shape index (κ2) is 13.8. The van der Waals surface area contributed by atoms with Gasteiger partial charge >= 0.3 is 0 Å². The first kappa shape index (κ1) is 26.7. The molecule has 5 nitrogen and oxygen atoms in total. The minimum absolute atomic E-state index is 0.0842. The molecule has 3 aromatic rings. The SMILES string of the molecule is O=C(NC1CCCC1)C(Cc1ccccc1)N(Cc1ccccc1Cl)C(=O)CCCOc1ccccc1. The molecule has 0 aromatic heterocycles. The number of nitrogens with zero attached hydrogens (tertiary/aromatic N) is 1. The summed E-state index contributed by atoms with van der Waals surface area (Å²) in [5.41, 5.74) is 1.84. The molecule has 1 N–H and O–H groups in total. The maximum Gasteiger partial charge on any atom is 0.243 e. The average Bonchev–Trinajstić information content (AvgIpc) is 3.43. The van der Waals surface area contributed by atoms with Crippen LogP contribution in [0.5, 0.6) is 5.75 Å². The molecule has 1 saturated carbocycles. The lowest BCUT2D eigenvalue weighted by Crippen LogP contribution is -2.52. The van der Waals surface area contributed by atoms with Crippen LogP contribution in [0.3, 0.4) is 0 Å². The minimum atomic E-state index is -0.637. The second-order valence-electron chi connectivity index (χ2n) is 9.57. The molecule has 6 heteroatoms. The Bertz CT molecular complexity index is 1130. The van der Waals surface area contributed by atoms with Crippen LogP contribution in [0.4, 0.5) is 0 Å². The fraction of sp³-hybridized carbons (Fsp3) is 0.355. The fourth-order valence-corrected chi connectivity index (χ4v) is 5.00. The third kappa shape index (κ3) is 8.09. The number of nitrogens with one attached hydrogen (secondary N) is 1. The molecule has 1 aliphatic carbocycles. The van der Waals surface area contributed by atoms with E-state index in [4.69, 9.17) is 16.3 Å². The van der Waals surface area contributed by atoms with E-state index in [1.165, 1.54) is 0 Å². The molecule has 2 amide bonds. The van der Waals surface area contributed by atoms with E-state index in [0.29, 0.717) is 24.5 Å². The van der Waals surface area contributed by atoms with Gasteiger partial charge in [0.05, 0.1) is 6.61 Å². The summed E-state index contributed by atoms with van der Waals surface area (Å²) in [5, 5.41) is 3.82. The van der Waals surface area contributed by atoms with E-state index in [2.05, 4.69) is 5.32 Å². The van der Waals surface area contributed by atoms with Gasteiger partial charge in [0, 0.05) is 30.5 Å². The Hall–Kier alpha value is -3.31. The van der Waals surface area contributed by atoms with Gasteiger partial charge in [-0.15, -0.1) is 0 Å². The van der Waals surface area contributed by atoms with Gasteiger partial charge in [-0.1, -0.05) is 91.2 Å². The topological polar surface area (TPSA) is 58.6 Å². The van der Waals surface area contributed by atoms with Crippen LogP contribution in [0.25, 0.3) is 0 Å². The molecule has 3 aromatic carbocycles. The van der Waals surface area contributed by atoms with Gasteiger partial charge in [0.25, 0.3) is 0 Å². The fourth-order valence-electron chi connectivity index (χ4n) is 4.81. The first-order chi connectivity index (χ1) is 18.1. The minimum Gasteiger partial charge on any atom is -0.494 e. The number of hydrogen-bond donors (Lipinski definition) is 1. The lowest BCUT2D eigenvalue weighted by molar-refractivity contribution is -0.141. The van der Waals surface area contributed by atoms with E-state index in [-0.39, 0.29) is 30.8 Å². The van der Waals surface area contributed by atoms with Crippen molar-refractivity contribution in [2.75, 3.05) is 6.61 Å². The van der Waals surface area contributed by atoms with Crippen LogP contribution < -0.4 is 10.1 Å². The van der Waals surface area contributed by atoms with Crippen LogP contribution in [-0.4, -0.2) is 35.4 Å². The van der Waals surface area contributed by atoms with E-state index in [9.17, 15) is 9.59 Å². The summed E-state index contributed by atoms with van der Waals surface area (Å²) in [7, 11) is 0. The van der Waals surface area contributed by atoms with Gasteiger partial charge in [-0.3, -0.25) is 9.59 Å². The van der Waals surface area contributed by atoms with Gasteiger partial charge in [-0.05, 0) is 48.6 Å². The smallest absolute Gasteiger partial charge is 0.243 e. The van der Waals surface area contributed by atoms with Crippen molar-refractivity contribution in [3.8, 4) is 5.75 Å². The number of halogens is 1. The van der Waals surface area contributed by atoms with E-state index in [1.54, 1.807) is 4.90 Å². The summed E-state index contributed by atoms with van der Waals surface area (Å²) in [6, 6.07) is 26.5. The van der Waals surface area contributed by atoms with Gasteiger partial charge < -0.3 is 15.0 Å². The zero-order valence-electron chi connectivity index (χ0n) is 21.2. The van der Waals surface area contributed by atoms with Crippen LogP contribution in [0.2, 0.25) is 5.02 Å². The van der Waals surface area contributed by atoms with Crippen molar-refractivity contribution < 1.29 is 14.3 Å². The molecule has 1 aliphatic rings. The van der Waals surface area contributed by atoms with Crippen molar-refractivity contribution in [1.29, 1.82) is 0 Å². The number of hydrogen-bond acceptors (Lipinski definition) is 3. The molecular weight excluding hydrogens is 484 g/mol. The Morgan fingerprint density at radius 2 is 1.57 bits per heavy atom. The third-order valence-corrected chi connectivity index (χ3v) is 7.19. The van der Waals surface area contributed by atoms with Gasteiger partial charge in [0.1, 0.15) is 11.8 Å². The van der Waals surface area contributed by atoms with Crippen molar-refractivity contribution in [3.63, 3.8) is 0 Å². The summed E-state index contributed by atoms with van der Waals surface area (Å²) in [6.45, 7) is 0.695. The molecule has 0 spiro atoms. The highest BCUT2D eigenvalue weighted by Gasteiger charge is 2.32. The molecule has 37 heavy (non-hydrogen) atoms. The summed E-state index contributed by atoms with van der Waals surface area (Å²) in [6.07, 6.45) is 5.48. The van der Waals surface area contributed by atoms with Crippen LogP contribution in [0.15, 0.2) is 84.9 Å². The molecule has 1 unspecified atom stereocenters. The van der Waals surface area contributed by atoms with Crippen molar-refractivity contribution in [2.45, 2.75) is 63.6 Å². The third-order valence-electron chi connectivity index (χ3n) is 6.82. The first-order valence-electron chi connectivity index (χ1n) is 13.1. The number of rotatable bonds is 12. The quantitative estimate of drug-likeness (QED) is 0.290. The highest BCUT2D eigenvalue weighted by molar-refractivity contribution is 6.31.